The molecule has 0 unspecified atom stereocenters. The molecular formula is C26H25ClN2O7S. The number of allylic oxidation sites excluding steroid dienone is 1. The third-order valence-corrected chi connectivity index (χ3v) is 7.12. The van der Waals surface area contributed by atoms with Crippen LogP contribution >= 0.6 is 22.9 Å². The SMILES string of the molecule is COC(=O)C1=C(C)N=c2s/c(=C\c3cc(OC)c(OC)c(OC)c3)c(=O)n2[C@@H]1c1cc(Cl)ccc1OC. The van der Waals surface area contributed by atoms with Crippen molar-refractivity contribution in [3.8, 4) is 23.0 Å². The highest BCUT2D eigenvalue weighted by molar-refractivity contribution is 7.07. The summed E-state index contributed by atoms with van der Waals surface area (Å²) in [6.45, 7) is 1.70. The number of esters is 1. The molecule has 2 aromatic carbocycles. The van der Waals surface area contributed by atoms with Crippen LogP contribution in [-0.4, -0.2) is 46.1 Å². The predicted molar refractivity (Wildman–Crippen MR) is 140 cm³/mol. The van der Waals surface area contributed by atoms with Crippen LogP contribution < -0.4 is 33.8 Å². The minimum atomic E-state index is -0.862. The summed E-state index contributed by atoms with van der Waals surface area (Å²) in [5.74, 6) is 1.20. The van der Waals surface area contributed by atoms with Crippen molar-refractivity contribution in [2.45, 2.75) is 13.0 Å². The van der Waals surface area contributed by atoms with Gasteiger partial charge in [-0.15, -0.1) is 0 Å². The highest BCUT2D eigenvalue weighted by Crippen LogP contribution is 2.39. The third-order valence-electron chi connectivity index (χ3n) is 5.90. The molecular weight excluding hydrogens is 520 g/mol. The van der Waals surface area contributed by atoms with E-state index in [1.54, 1.807) is 43.3 Å². The number of nitrogens with zero attached hydrogens (tertiary/aromatic N) is 2. The number of carbonyl (C=O) groups excluding carboxylic acids is 1. The number of halogens is 1. The average molecular weight is 545 g/mol. The molecule has 2 heterocycles. The van der Waals surface area contributed by atoms with Gasteiger partial charge in [-0.25, -0.2) is 9.79 Å². The molecule has 0 bridgehead atoms. The standard InChI is InChI=1S/C26H25ClN2O7S/c1-13-21(25(31)36-6)22(16-12-15(27)7-8-17(16)32-2)29-24(30)20(37-26(29)28-13)11-14-9-18(33-3)23(35-5)19(10-14)34-4/h7-12,22H,1-6H3/b20-11-/t22-/m1/s1. The number of hydrogen-bond acceptors (Lipinski definition) is 9. The fraction of sp³-hybridized carbons (Fsp3) is 0.269. The molecule has 0 spiro atoms. The molecule has 1 aliphatic heterocycles. The maximum Gasteiger partial charge on any atom is 0.338 e. The summed E-state index contributed by atoms with van der Waals surface area (Å²) in [6.07, 6.45) is 1.71. The molecule has 0 aliphatic carbocycles. The first kappa shape index (κ1) is 26.3. The number of benzene rings is 2. The van der Waals surface area contributed by atoms with Crippen molar-refractivity contribution in [2.24, 2.45) is 4.99 Å². The van der Waals surface area contributed by atoms with Gasteiger partial charge in [0, 0.05) is 10.6 Å². The molecule has 0 N–H and O–H groups in total. The first-order valence-electron chi connectivity index (χ1n) is 11.0. The Morgan fingerprint density at radius 3 is 2.22 bits per heavy atom. The summed E-state index contributed by atoms with van der Waals surface area (Å²) < 4.78 is 28.7. The van der Waals surface area contributed by atoms with E-state index in [0.29, 0.717) is 54.2 Å². The predicted octanol–water partition coefficient (Wildman–Crippen LogP) is 3.10. The van der Waals surface area contributed by atoms with Gasteiger partial charge >= 0.3 is 5.97 Å². The van der Waals surface area contributed by atoms with Gasteiger partial charge in [0.1, 0.15) is 11.8 Å². The second kappa shape index (κ2) is 10.7. The third kappa shape index (κ3) is 4.70. The molecule has 11 heteroatoms. The van der Waals surface area contributed by atoms with E-state index in [9.17, 15) is 9.59 Å². The van der Waals surface area contributed by atoms with Gasteiger partial charge in [0.15, 0.2) is 16.3 Å². The quantitative estimate of drug-likeness (QED) is 0.422. The fourth-order valence-corrected chi connectivity index (χ4v) is 5.47. The van der Waals surface area contributed by atoms with Crippen LogP contribution in [0.4, 0.5) is 0 Å². The normalized spacial score (nSPS) is 15.1. The lowest BCUT2D eigenvalue weighted by Gasteiger charge is -2.25. The molecule has 1 aliphatic rings. The summed E-state index contributed by atoms with van der Waals surface area (Å²) in [6, 6.07) is 7.65. The maximum absolute atomic E-state index is 13.8. The van der Waals surface area contributed by atoms with Crippen LogP contribution in [0.3, 0.4) is 0 Å². The molecule has 9 nitrogen and oxygen atoms in total. The van der Waals surface area contributed by atoms with Crippen LogP contribution in [0.2, 0.25) is 5.02 Å². The molecule has 194 valence electrons. The zero-order chi connectivity index (χ0) is 26.9. The maximum atomic E-state index is 13.8. The minimum Gasteiger partial charge on any atom is -0.496 e. The Kier molecular flexibility index (Phi) is 7.60. The van der Waals surface area contributed by atoms with Gasteiger partial charge in [-0.3, -0.25) is 9.36 Å². The molecule has 0 fully saturated rings. The summed E-state index contributed by atoms with van der Waals surface area (Å²) in [5, 5.41) is 0.425. The largest absolute Gasteiger partial charge is 0.496 e. The van der Waals surface area contributed by atoms with Crippen molar-refractivity contribution in [3.05, 3.63) is 77.4 Å². The minimum absolute atomic E-state index is 0.217. The number of ether oxygens (including phenoxy) is 5. The highest BCUT2D eigenvalue weighted by atomic mass is 35.5. The second-order valence-electron chi connectivity index (χ2n) is 7.92. The van der Waals surface area contributed by atoms with Crippen molar-refractivity contribution in [1.29, 1.82) is 0 Å². The lowest BCUT2D eigenvalue weighted by Crippen LogP contribution is -2.40. The first-order chi connectivity index (χ1) is 17.8. The van der Waals surface area contributed by atoms with E-state index in [-0.39, 0.29) is 11.1 Å². The Morgan fingerprint density at radius 1 is 1.00 bits per heavy atom. The first-order valence-corrected chi connectivity index (χ1v) is 12.2. The number of thiazole rings is 1. The van der Waals surface area contributed by atoms with Crippen molar-refractivity contribution >= 4 is 35.0 Å². The van der Waals surface area contributed by atoms with Gasteiger partial charge in [-0.2, -0.15) is 0 Å². The van der Waals surface area contributed by atoms with E-state index in [1.165, 1.54) is 51.5 Å². The lowest BCUT2D eigenvalue weighted by atomic mass is 9.95. The number of methoxy groups -OCH3 is 5. The Bertz CT molecular complexity index is 1560. The van der Waals surface area contributed by atoms with Crippen molar-refractivity contribution in [2.75, 3.05) is 35.5 Å². The lowest BCUT2D eigenvalue weighted by molar-refractivity contribution is -0.136. The molecule has 4 rings (SSSR count). The molecule has 0 saturated carbocycles. The Labute approximate surface area is 221 Å². The van der Waals surface area contributed by atoms with Crippen molar-refractivity contribution in [3.63, 3.8) is 0 Å². The van der Waals surface area contributed by atoms with Crippen LogP contribution in [0.15, 0.2) is 51.4 Å². The number of rotatable bonds is 7. The summed E-state index contributed by atoms with van der Waals surface area (Å²) >= 11 is 7.51. The number of fused-ring (bicyclic) bond motifs is 1. The molecule has 1 aromatic heterocycles. The molecule has 3 aromatic rings. The zero-order valence-electron chi connectivity index (χ0n) is 21.1. The molecule has 1 atom stereocenters. The monoisotopic (exact) mass is 544 g/mol. The summed E-state index contributed by atoms with van der Waals surface area (Å²) in [4.78, 5) is 31.7. The Morgan fingerprint density at radius 2 is 1.65 bits per heavy atom. The molecule has 37 heavy (non-hydrogen) atoms. The highest BCUT2D eigenvalue weighted by Gasteiger charge is 2.35. The Balaban J connectivity index is 2.01. The van der Waals surface area contributed by atoms with Gasteiger partial charge in [0.05, 0.1) is 51.4 Å². The zero-order valence-corrected chi connectivity index (χ0v) is 22.7. The topological polar surface area (TPSA) is 97.6 Å². The summed E-state index contributed by atoms with van der Waals surface area (Å²) in [7, 11) is 7.35. The average Bonchev–Trinajstić information content (AvgIpc) is 3.20. The van der Waals surface area contributed by atoms with Crippen LogP contribution in [0.5, 0.6) is 23.0 Å². The fourth-order valence-electron chi connectivity index (χ4n) is 4.24. The van der Waals surface area contributed by atoms with E-state index in [2.05, 4.69) is 4.99 Å². The van der Waals surface area contributed by atoms with Gasteiger partial charge < -0.3 is 23.7 Å². The number of hydrogen-bond donors (Lipinski definition) is 0. The van der Waals surface area contributed by atoms with Crippen LogP contribution in [0, 0.1) is 0 Å². The van der Waals surface area contributed by atoms with Gasteiger partial charge in [-0.1, -0.05) is 22.9 Å². The van der Waals surface area contributed by atoms with Crippen LogP contribution in [-0.2, 0) is 9.53 Å². The van der Waals surface area contributed by atoms with Crippen LogP contribution in [0.1, 0.15) is 24.1 Å². The van der Waals surface area contributed by atoms with Gasteiger partial charge in [0.25, 0.3) is 5.56 Å². The van der Waals surface area contributed by atoms with E-state index >= 15 is 0 Å². The second-order valence-corrected chi connectivity index (χ2v) is 9.36. The van der Waals surface area contributed by atoms with Crippen molar-refractivity contribution < 1.29 is 28.5 Å². The van der Waals surface area contributed by atoms with Gasteiger partial charge in [-0.05, 0) is 48.9 Å². The number of carbonyl (C=O) groups is 1. The molecule has 0 saturated heterocycles. The molecule has 0 amide bonds. The summed E-state index contributed by atoms with van der Waals surface area (Å²) in [5.41, 5.74) is 1.48. The van der Waals surface area contributed by atoms with Crippen LogP contribution in [0.25, 0.3) is 6.08 Å². The van der Waals surface area contributed by atoms with E-state index in [1.807, 2.05) is 0 Å². The van der Waals surface area contributed by atoms with E-state index in [0.717, 1.165) is 0 Å². The van der Waals surface area contributed by atoms with E-state index < -0.39 is 12.0 Å². The Hall–Kier alpha value is -3.76. The van der Waals surface area contributed by atoms with E-state index in [4.69, 9.17) is 35.3 Å². The smallest absolute Gasteiger partial charge is 0.338 e. The van der Waals surface area contributed by atoms with Crippen molar-refractivity contribution in [1.82, 2.24) is 4.57 Å². The van der Waals surface area contributed by atoms with Gasteiger partial charge in [0.2, 0.25) is 5.75 Å². The molecule has 0 radical (unpaired) electrons. The number of aromatic nitrogens is 1.